The topological polar surface area (TPSA) is 83.6 Å². The first-order valence-corrected chi connectivity index (χ1v) is 6.69. The van der Waals surface area contributed by atoms with E-state index in [1.54, 1.807) is 0 Å². The van der Waals surface area contributed by atoms with Gasteiger partial charge in [-0.25, -0.2) is 0 Å². The second kappa shape index (κ2) is 4.15. The smallest absolute Gasteiger partial charge is 0.249 e. The zero-order valence-corrected chi connectivity index (χ0v) is 10.6. The van der Waals surface area contributed by atoms with Gasteiger partial charge < -0.3 is 0 Å². The molecule has 1 aliphatic carbocycles. The summed E-state index contributed by atoms with van der Waals surface area (Å²) in [5.41, 5.74) is -0.133. The number of hydrogen-bond acceptors (Lipinski definition) is 4. The zero-order valence-electron chi connectivity index (χ0n) is 10.6. The second-order valence-electron chi connectivity index (χ2n) is 5.83. The lowest BCUT2D eigenvalue weighted by molar-refractivity contribution is -0.164. The van der Waals surface area contributed by atoms with E-state index in [2.05, 4.69) is 5.32 Å². The Bertz CT molecular complexity index is 461. The molecule has 1 N–H and O–H groups in total. The van der Waals surface area contributed by atoms with Crippen LogP contribution in [0.5, 0.6) is 0 Å². The fourth-order valence-electron chi connectivity index (χ4n) is 3.32. The van der Waals surface area contributed by atoms with Gasteiger partial charge in [-0.05, 0) is 24.7 Å². The van der Waals surface area contributed by atoms with Crippen LogP contribution in [0.2, 0.25) is 0 Å². The Hall–Kier alpha value is -1.72. The first-order valence-electron chi connectivity index (χ1n) is 6.69. The number of nitrogens with one attached hydrogen (secondary N) is 1. The Morgan fingerprint density at radius 2 is 1.68 bits per heavy atom. The van der Waals surface area contributed by atoms with Gasteiger partial charge in [-0.2, -0.15) is 0 Å². The molecule has 4 amide bonds. The van der Waals surface area contributed by atoms with Crippen molar-refractivity contribution in [3.05, 3.63) is 0 Å². The average Bonchev–Trinajstić information content (AvgIpc) is 2.28. The number of nitrogens with zero attached hydrogens (tertiary/aromatic N) is 1. The molecule has 2 saturated heterocycles. The number of hydrogen-bond donors (Lipinski definition) is 1. The molecule has 1 unspecified atom stereocenters. The summed E-state index contributed by atoms with van der Waals surface area (Å²) in [5, 5.41) is 2.19. The molecule has 3 rings (SSSR count). The molecule has 1 atom stereocenters. The molecule has 0 bridgehead atoms. The van der Waals surface area contributed by atoms with Crippen LogP contribution in [0.1, 0.15) is 44.9 Å². The molecule has 6 heteroatoms. The van der Waals surface area contributed by atoms with Crippen LogP contribution in [0.15, 0.2) is 0 Å². The highest BCUT2D eigenvalue weighted by Gasteiger charge is 2.50. The van der Waals surface area contributed by atoms with E-state index in [0.29, 0.717) is 12.8 Å². The number of piperidine rings is 2. The van der Waals surface area contributed by atoms with Crippen LogP contribution in [0.25, 0.3) is 0 Å². The molecular weight excluding hydrogens is 248 g/mol. The second-order valence-corrected chi connectivity index (χ2v) is 5.83. The number of carbonyl (C=O) groups excluding carboxylic acids is 4. The lowest BCUT2D eigenvalue weighted by Gasteiger charge is -2.47. The van der Waals surface area contributed by atoms with Gasteiger partial charge in [0.25, 0.3) is 0 Å². The van der Waals surface area contributed by atoms with Crippen LogP contribution in [0.4, 0.5) is 0 Å². The van der Waals surface area contributed by atoms with E-state index in [4.69, 9.17) is 0 Å². The summed E-state index contributed by atoms with van der Waals surface area (Å²) >= 11 is 0. The van der Waals surface area contributed by atoms with E-state index in [1.807, 2.05) is 0 Å². The molecule has 3 aliphatic rings. The number of likely N-dealkylation sites (tertiary alicyclic amines) is 1. The van der Waals surface area contributed by atoms with Crippen LogP contribution >= 0.6 is 0 Å². The third kappa shape index (κ3) is 1.95. The van der Waals surface area contributed by atoms with E-state index >= 15 is 0 Å². The van der Waals surface area contributed by atoms with Crippen LogP contribution in [0, 0.1) is 5.41 Å². The highest BCUT2D eigenvalue weighted by Crippen LogP contribution is 2.49. The maximum absolute atomic E-state index is 12.2. The SMILES string of the molecule is O=C1CCC(N2C(=O)CC3(CCC3)CC2=O)C(=O)N1. The van der Waals surface area contributed by atoms with Gasteiger partial charge in [0.1, 0.15) is 6.04 Å². The Kier molecular flexibility index (Phi) is 2.69. The minimum absolute atomic E-state index is 0.133. The zero-order chi connectivity index (χ0) is 13.6. The first kappa shape index (κ1) is 12.3. The summed E-state index contributed by atoms with van der Waals surface area (Å²) in [6.45, 7) is 0. The summed E-state index contributed by atoms with van der Waals surface area (Å²) in [7, 11) is 0. The molecule has 19 heavy (non-hydrogen) atoms. The van der Waals surface area contributed by atoms with Crippen molar-refractivity contribution in [2.24, 2.45) is 5.41 Å². The van der Waals surface area contributed by atoms with Gasteiger partial charge in [0.2, 0.25) is 23.6 Å². The summed E-state index contributed by atoms with van der Waals surface area (Å²) in [4.78, 5) is 48.3. The molecule has 1 saturated carbocycles. The molecule has 2 aliphatic heterocycles. The fraction of sp³-hybridized carbons (Fsp3) is 0.692. The predicted molar refractivity (Wildman–Crippen MR) is 63.5 cm³/mol. The van der Waals surface area contributed by atoms with Crippen molar-refractivity contribution in [3.8, 4) is 0 Å². The summed E-state index contributed by atoms with van der Waals surface area (Å²) in [6.07, 6.45) is 4.06. The van der Waals surface area contributed by atoms with Gasteiger partial charge in [-0.3, -0.25) is 29.4 Å². The average molecular weight is 264 g/mol. The van der Waals surface area contributed by atoms with E-state index in [9.17, 15) is 19.2 Å². The van der Waals surface area contributed by atoms with Crippen LogP contribution < -0.4 is 5.32 Å². The van der Waals surface area contributed by atoms with Crippen molar-refractivity contribution in [2.75, 3.05) is 0 Å². The van der Waals surface area contributed by atoms with Crippen LogP contribution in [0.3, 0.4) is 0 Å². The Balaban J connectivity index is 1.77. The van der Waals surface area contributed by atoms with Crippen molar-refractivity contribution in [1.82, 2.24) is 10.2 Å². The molecule has 0 aromatic heterocycles. The van der Waals surface area contributed by atoms with Gasteiger partial charge in [0.15, 0.2) is 0 Å². The molecule has 0 aromatic rings. The van der Waals surface area contributed by atoms with Crippen molar-refractivity contribution in [1.29, 1.82) is 0 Å². The maximum Gasteiger partial charge on any atom is 0.249 e. The van der Waals surface area contributed by atoms with Crippen LogP contribution in [-0.4, -0.2) is 34.6 Å². The molecule has 3 fully saturated rings. The van der Waals surface area contributed by atoms with Gasteiger partial charge in [-0.15, -0.1) is 0 Å². The quantitative estimate of drug-likeness (QED) is 0.681. The number of rotatable bonds is 1. The van der Waals surface area contributed by atoms with Crippen molar-refractivity contribution in [3.63, 3.8) is 0 Å². The minimum Gasteiger partial charge on any atom is -0.295 e. The summed E-state index contributed by atoms with van der Waals surface area (Å²) in [6, 6.07) is -0.796. The Morgan fingerprint density at radius 1 is 1.05 bits per heavy atom. The minimum atomic E-state index is -0.796. The highest BCUT2D eigenvalue weighted by atomic mass is 16.2. The van der Waals surface area contributed by atoms with Gasteiger partial charge >= 0.3 is 0 Å². The molecule has 102 valence electrons. The lowest BCUT2D eigenvalue weighted by Crippen LogP contribution is -2.60. The van der Waals surface area contributed by atoms with Gasteiger partial charge in [0, 0.05) is 19.3 Å². The molecular formula is C13H16N2O4. The third-order valence-corrected chi connectivity index (χ3v) is 4.53. The number of amides is 4. The third-order valence-electron chi connectivity index (χ3n) is 4.53. The van der Waals surface area contributed by atoms with Crippen molar-refractivity contribution in [2.45, 2.75) is 51.0 Å². The van der Waals surface area contributed by atoms with Crippen LogP contribution in [-0.2, 0) is 19.2 Å². The standard InChI is InChI=1S/C13H16N2O4/c16-9-3-2-8(12(19)14-9)15-10(17)6-13(4-1-5-13)7-11(15)18/h8H,1-7H2,(H,14,16,19). The van der Waals surface area contributed by atoms with E-state index in [0.717, 1.165) is 24.2 Å². The normalized spacial score (nSPS) is 30.3. The molecule has 6 nitrogen and oxygen atoms in total. The first-order chi connectivity index (χ1) is 9.01. The largest absolute Gasteiger partial charge is 0.295 e. The highest BCUT2D eigenvalue weighted by molar-refractivity contribution is 6.07. The fourth-order valence-corrected chi connectivity index (χ4v) is 3.32. The predicted octanol–water partition coefficient (Wildman–Crippen LogP) is 0.111. The van der Waals surface area contributed by atoms with Gasteiger partial charge in [-0.1, -0.05) is 6.42 Å². The number of imide groups is 2. The van der Waals surface area contributed by atoms with E-state index in [1.165, 1.54) is 0 Å². The molecule has 0 aromatic carbocycles. The van der Waals surface area contributed by atoms with Crippen molar-refractivity contribution >= 4 is 23.6 Å². The van der Waals surface area contributed by atoms with E-state index < -0.39 is 11.9 Å². The lowest BCUT2D eigenvalue weighted by atomic mass is 9.62. The molecule has 2 heterocycles. The van der Waals surface area contributed by atoms with E-state index in [-0.39, 0.29) is 36.0 Å². The van der Waals surface area contributed by atoms with Gasteiger partial charge in [0.05, 0.1) is 0 Å². The van der Waals surface area contributed by atoms with Crippen molar-refractivity contribution < 1.29 is 19.2 Å². The number of carbonyl (C=O) groups is 4. The molecule has 1 spiro atoms. The summed E-state index contributed by atoms with van der Waals surface area (Å²) < 4.78 is 0. The summed E-state index contributed by atoms with van der Waals surface area (Å²) in [5.74, 6) is -1.38. The maximum atomic E-state index is 12.2. The Morgan fingerprint density at radius 3 is 2.16 bits per heavy atom. The molecule has 0 radical (unpaired) electrons. The monoisotopic (exact) mass is 264 g/mol. The Labute approximate surface area is 110 Å².